The zero-order valence-corrected chi connectivity index (χ0v) is 10.8. The Morgan fingerprint density at radius 2 is 1.68 bits per heavy atom. The van der Waals surface area contributed by atoms with Crippen molar-refractivity contribution in [3.8, 4) is 12.1 Å². The maximum absolute atomic E-state index is 9.36. The molecule has 2 aromatic rings. The molecule has 2 nitrogen and oxygen atoms in total. The largest absolute Gasteiger partial charge is 0.198 e. The van der Waals surface area contributed by atoms with Gasteiger partial charge in [-0.05, 0) is 42.2 Å². The normalized spacial score (nSPS) is 11.3. The molecule has 0 aliphatic carbocycles. The minimum Gasteiger partial charge on any atom is -0.198 e. The molecular weight excluding hydrogens is 232 g/mol. The van der Waals surface area contributed by atoms with Gasteiger partial charge < -0.3 is 0 Å². The van der Waals surface area contributed by atoms with Crippen LogP contribution >= 0.6 is 0 Å². The highest BCUT2D eigenvalue weighted by molar-refractivity contribution is 5.37. The fourth-order valence-electron chi connectivity index (χ4n) is 2.15. The van der Waals surface area contributed by atoms with E-state index >= 15 is 0 Å². The van der Waals surface area contributed by atoms with Crippen LogP contribution in [0.15, 0.2) is 48.5 Å². The van der Waals surface area contributed by atoms with E-state index in [1.54, 1.807) is 12.1 Å². The van der Waals surface area contributed by atoms with E-state index in [2.05, 4.69) is 12.1 Å². The van der Waals surface area contributed by atoms with Crippen molar-refractivity contribution >= 4 is 0 Å². The highest BCUT2D eigenvalue weighted by atomic mass is 14.3. The summed E-state index contributed by atoms with van der Waals surface area (Å²) in [6.07, 6.45) is 0.674. The van der Waals surface area contributed by atoms with Gasteiger partial charge in [0.1, 0.15) is 0 Å². The Labute approximate surface area is 113 Å². The van der Waals surface area contributed by atoms with E-state index < -0.39 is 0 Å². The highest BCUT2D eigenvalue weighted by Crippen LogP contribution is 2.23. The van der Waals surface area contributed by atoms with Crippen LogP contribution in [0.1, 0.15) is 28.2 Å². The molecule has 0 N–H and O–H groups in total. The Hall–Kier alpha value is -2.58. The molecule has 0 aromatic heterocycles. The smallest absolute Gasteiger partial charge is 0.0991 e. The predicted molar refractivity (Wildman–Crippen MR) is 74.4 cm³/mol. The third-order valence-corrected chi connectivity index (χ3v) is 3.24. The molecule has 92 valence electrons. The van der Waals surface area contributed by atoms with E-state index in [4.69, 9.17) is 5.26 Å². The summed E-state index contributed by atoms with van der Waals surface area (Å²) < 4.78 is 0. The molecule has 2 rings (SSSR count). The zero-order chi connectivity index (χ0) is 13.7. The molecule has 2 aromatic carbocycles. The van der Waals surface area contributed by atoms with Gasteiger partial charge in [0.2, 0.25) is 0 Å². The van der Waals surface area contributed by atoms with Gasteiger partial charge in [-0.1, -0.05) is 36.4 Å². The molecule has 0 saturated carbocycles. The summed E-state index contributed by atoms with van der Waals surface area (Å²) in [5.41, 5.74) is 3.94. The molecule has 0 radical (unpaired) electrons. The summed E-state index contributed by atoms with van der Waals surface area (Å²) >= 11 is 0. The van der Waals surface area contributed by atoms with Gasteiger partial charge in [-0.25, -0.2) is 0 Å². The molecule has 0 spiro atoms. The third kappa shape index (κ3) is 3.00. The Bertz CT molecular complexity index is 642. The Morgan fingerprint density at radius 1 is 1.00 bits per heavy atom. The van der Waals surface area contributed by atoms with Crippen LogP contribution in [-0.2, 0) is 6.42 Å². The van der Waals surface area contributed by atoms with Gasteiger partial charge in [0.15, 0.2) is 0 Å². The lowest BCUT2D eigenvalue weighted by Crippen LogP contribution is -2.02. The fourth-order valence-corrected chi connectivity index (χ4v) is 2.15. The van der Waals surface area contributed by atoms with Crippen LogP contribution < -0.4 is 0 Å². The van der Waals surface area contributed by atoms with Gasteiger partial charge >= 0.3 is 0 Å². The molecule has 0 amide bonds. The molecule has 0 bridgehead atoms. The number of hydrogen-bond acceptors (Lipinski definition) is 2. The quantitative estimate of drug-likeness (QED) is 0.828. The molecule has 2 heteroatoms. The molecule has 19 heavy (non-hydrogen) atoms. The maximum Gasteiger partial charge on any atom is 0.0991 e. The van der Waals surface area contributed by atoms with Crippen molar-refractivity contribution in [3.63, 3.8) is 0 Å². The molecule has 1 unspecified atom stereocenters. The topological polar surface area (TPSA) is 47.6 Å². The van der Waals surface area contributed by atoms with Gasteiger partial charge in [-0.2, -0.15) is 10.5 Å². The number of nitrogens with zero attached hydrogens (tertiary/aromatic N) is 2. The van der Waals surface area contributed by atoms with E-state index in [1.807, 2.05) is 43.3 Å². The maximum atomic E-state index is 9.36. The summed E-state index contributed by atoms with van der Waals surface area (Å²) in [5, 5.41) is 18.1. The molecule has 0 aliphatic rings. The van der Waals surface area contributed by atoms with E-state index in [1.165, 1.54) is 0 Å². The van der Waals surface area contributed by atoms with Crippen molar-refractivity contribution in [2.75, 3.05) is 0 Å². The molecule has 1 atom stereocenters. The van der Waals surface area contributed by atoms with Crippen LogP contribution in [0.2, 0.25) is 0 Å². The van der Waals surface area contributed by atoms with Gasteiger partial charge in [0, 0.05) is 0 Å². The fraction of sp³-hybridized carbons (Fsp3) is 0.176. The van der Waals surface area contributed by atoms with Crippen LogP contribution in [0.5, 0.6) is 0 Å². The van der Waals surface area contributed by atoms with E-state index in [0.717, 1.165) is 16.7 Å². The van der Waals surface area contributed by atoms with Crippen molar-refractivity contribution < 1.29 is 0 Å². The first-order valence-electron chi connectivity index (χ1n) is 6.19. The van der Waals surface area contributed by atoms with Gasteiger partial charge in [-0.3, -0.25) is 0 Å². The lowest BCUT2D eigenvalue weighted by Gasteiger charge is -2.12. The third-order valence-electron chi connectivity index (χ3n) is 3.24. The van der Waals surface area contributed by atoms with Crippen LogP contribution in [0, 0.1) is 29.6 Å². The second-order valence-corrected chi connectivity index (χ2v) is 4.55. The average Bonchev–Trinajstić information content (AvgIpc) is 2.46. The average molecular weight is 246 g/mol. The first-order chi connectivity index (χ1) is 9.24. The second kappa shape index (κ2) is 5.85. The summed E-state index contributed by atoms with van der Waals surface area (Å²) in [4.78, 5) is 0. The molecular formula is C17H14N2. The highest BCUT2D eigenvalue weighted by Gasteiger charge is 2.13. The minimum absolute atomic E-state index is 0.144. The van der Waals surface area contributed by atoms with Crippen molar-refractivity contribution in [1.29, 1.82) is 10.5 Å². The molecule has 0 fully saturated rings. The number of aryl methyl sites for hydroxylation is 1. The molecule has 0 aliphatic heterocycles. The van der Waals surface area contributed by atoms with Crippen LogP contribution in [-0.4, -0.2) is 0 Å². The Kier molecular flexibility index (Phi) is 3.96. The van der Waals surface area contributed by atoms with Crippen LogP contribution in [0.3, 0.4) is 0 Å². The Balaban J connectivity index is 2.23. The Morgan fingerprint density at radius 3 is 2.26 bits per heavy atom. The summed E-state index contributed by atoms with van der Waals surface area (Å²) in [6.45, 7) is 2.03. The van der Waals surface area contributed by atoms with E-state index in [9.17, 15) is 5.26 Å². The van der Waals surface area contributed by atoms with Gasteiger partial charge in [0.25, 0.3) is 0 Å². The van der Waals surface area contributed by atoms with Crippen molar-refractivity contribution in [2.24, 2.45) is 0 Å². The summed E-state index contributed by atoms with van der Waals surface area (Å²) in [6, 6.07) is 19.9. The lowest BCUT2D eigenvalue weighted by molar-refractivity contribution is 0.841. The lowest BCUT2D eigenvalue weighted by atomic mass is 9.90. The summed E-state index contributed by atoms with van der Waals surface area (Å²) in [5.74, 6) is -0.144. The predicted octanol–water partition coefficient (Wildman–Crippen LogP) is 3.72. The number of hydrogen-bond donors (Lipinski definition) is 0. The van der Waals surface area contributed by atoms with E-state index in [0.29, 0.717) is 12.0 Å². The second-order valence-electron chi connectivity index (χ2n) is 4.55. The summed E-state index contributed by atoms with van der Waals surface area (Å²) in [7, 11) is 0. The minimum atomic E-state index is -0.144. The number of nitriles is 2. The van der Waals surface area contributed by atoms with Crippen molar-refractivity contribution in [1.82, 2.24) is 0 Å². The molecule has 0 saturated heterocycles. The first kappa shape index (κ1) is 12.9. The zero-order valence-electron chi connectivity index (χ0n) is 10.8. The SMILES string of the molecule is Cc1ccccc1C(C#N)Cc1ccc(C#N)cc1. The van der Waals surface area contributed by atoms with Gasteiger partial charge in [-0.15, -0.1) is 0 Å². The number of rotatable bonds is 3. The number of benzene rings is 2. The molecule has 0 heterocycles. The van der Waals surface area contributed by atoms with Crippen molar-refractivity contribution in [2.45, 2.75) is 19.3 Å². The van der Waals surface area contributed by atoms with E-state index in [-0.39, 0.29) is 5.92 Å². The van der Waals surface area contributed by atoms with Crippen LogP contribution in [0.4, 0.5) is 0 Å². The standard InChI is InChI=1S/C17H14N2/c1-13-4-2-3-5-17(13)16(12-19)10-14-6-8-15(11-18)9-7-14/h2-9,16H,10H2,1H3. The monoisotopic (exact) mass is 246 g/mol. The van der Waals surface area contributed by atoms with Gasteiger partial charge in [0.05, 0.1) is 23.6 Å². The first-order valence-corrected chi connectivity index (χ1v) is 6.19. The van der Waals surface area contributed by atoms with Crippen LogP contribution in [0.25, 0.3) is 0 Å². The van der Waals surface area contributed by atoms with Crippen molar-refractivity contribution in [3.05, 3.63) is 70.8 Å².